The molecule has 0 spiro atoms. The summed E-state index contributed by atoms with van der Waals surface area (Å²) < 4.78 is 5.18. The maximum atomic E-state index is 11.7. The van der Waals surface area contributed by atoms with E-state index in [-0.39, 0.29) is 23.3 Å². The van der Waals surface area contributed by atoms with Gasteiger partial charge in [-0.2, -0.15) is 0 Å². The summed E-state index contributed by atoms with van der Waals surface area (Å²) in [5.74, 6) is 1.14. The summed E-state index contributed by atoms with van der Waals surface area (Å²) in [6, 6.07) is 8.82. The van der Waals surface area contributed by atoms with Crippen molar-refractivity contribution in [3.8, 4) is 0 Å². The van der Waals surface area contributed by atoms with Gasteiger partial charge in [0.15, 0.2) is 0 Å². The predicted octanol–water partition coefficient (Wildman–Crippen LogP) is 2.23. The van der Waals surface area contributed by atoms with Crippen molar-refractivity contribution >= 4 is 41.6 Å². The van der Waals surface area contributed by atoms with Gasteiger partial charge in [0.2, 0.25) is 0 Å². The van der Waals surface area contributed by atoms with E-state index in [1.165, 1.54) is 12.2 Å². The molecule has 1 rings (SSSR count). The van der Waals surface area contributed by atoms with Crippen LogP contribution in [-0.4, -0.2) is 37.1 Å². The van der Waals surface area contributed by atoms with E-state index in [0.717, 1.165) is 0 Å². The molecule has 0 amide bonds. The number of esters is 1. The molecule has 93 valence electrons. The van der Waals surface area contributed by atoms with Gasteiger partial charge in [-0.1, -0.05) is 0 Å². The van der Waals surface area contributed by atoms with Crippen LogP contribution < -0.4 is 0 Å². The van der Waals surface area contributed by atoms with E-state index in [1.807, 2.05) is 6.07 Å². The summed E-state index contributed by atoms with van der Waals surface area (Å²) in [5.41, 5.74) is 0.525. The Hall–Kier alpha value is -1.23. The number of hydrogen-bond donors (Lipinski definition) is 1. The molecule has 5 heteroatoms. The van der Waals surface area contributed by atoms with Gasteiger partial charge >= 0.3 is 116 Å². The summed E-state index contributed by atoms with van der Waals surface area (Å²) in [6.07, 6.45) is 1.82. The second-order valence-corrected chi connectivity index (χ2v) is 4.95. The molecular weight excluding hydrogens is 293 g/mol. The first kappa shape index (κ1) is 14.8. The van der Waals surface area contributed by atoms with E-state index in [0.29, 0.717) is 12.0 Å². The predicted molar refractivity (Wildman–Crippen MR) is 78.1 cm³/mol. The summed E-state index contributed by atoms with van der Waals surface area (Å²) in [7, 11) is 5.48. The number of halogens is 1. The number of rotatable bonds is 7. The summed E-state index contributed by atoms with van der Waals surface area (Å²) in [4.78, 5) is 11.6. The third-order valence-electron chi connectivity index (χ3n) is 2.48. The molecule has 0 heterocycles. The van der Waals surface area contributed by atoms with Crippen molar-refractivity contribution < 1.29 is 9.53 Å². The van der Waals surface area contributed by atoms with E-state index in [9.17, 15) is 4.79 Å². The molecule has 1 N–H and O–H groups in total. The molecule has 18 heavy (non-hydrogen) atoms. The molecule has 1 aromatic rings. The van der Waals surface area contributed by atoms with Crippen LogP contribution in [0.25, 0.3) is 0 Å². The summed E-state index contributed by atoms with van der Waals surface area (Å²) in [5, 5.41) is 7.05. The van der Waals surface area contributed by atoms with Gasteiger partial charge in [-0.25, -0.2) is 0 Å². The van der Waals surface area contributed by atoms with Gasteiger partial charge in [0, 0.05) is 0 Å². The van der Waals surface area contributed by atoms with E-state index in [2.05, 4.69) is 15.9 Å². The topological polar surface area (TPSA) is 50.1 Å². The standard InChI is InChI=1S/C13H14BBrNO2/c14-8-11(6-7-16)12(15)9-18-13(17)10-4-2-1-3-5-10/h1-5,7-8,11-12,16H,6,9H2/t11-,12+/m1/s1. The zero-order chi connectivity index (χ0) is 13.4. The molecule has 0 saturated heterocycles. The van der Waals surface area contributed by atoms with Gasteiger partial charge in [0.25, 0.3) is 0 Å². The van der Waals surface area contributed by atoms with Crippen molar-refractivity contribution in [3.05, 3.63) is 35.9 Å². The van der Waals surface area contributed by atoms with Gasteiger partial charge in [-0.05, 0) is 0 Å². The van der Waals surface area contributed by atoms with E-state index >= 15 is 0 Å². The third kappa shape index (κ3) is 4.57. The van der Waals surface area contributed by atoms with Gasteiger partial charge in [-0.3, -0.25) is 0 Å². The fraction of sp³-hybridized carbons (Fsp3) is 0.308. The molecular formula is C13H14BBrNO2. The molecule has 0 aliphatic carbocycles. The Labute approximate surface area is 116 Å². The molecule has 2 atom stereocenters. The SMILES string of the molecule is [B]=C[C@@H](CC=N)[C@@H](Br)COC(=O)c1ccccc1. The fourth-order valence-electron chi connectivity index (χ4n) is 1.42. The average Bonchev–Trinajstić information content (AvgIpc) is 2.42. The Bertz CT molecular complexity index is 411. The first-order valence-corrected chi connectivity index (χ1v) is 6.50. The summed E-state index contributed by atoms with van der Waals surface area (Å²) in [6.45, 7) is 0.222. The number of nitrogens with one attached hydrogen (secondary N) is 1. The average molecular weight is 307 g/mol. The molecule has 1 radical (unpaired) electrons. The van der Waals surface area contributed by atoms with Gasteiger partial charge in [0.05, 0.1) is 0 Å². The Morgan fingerprint density at radius 1 is 1.44 bits per heavy atom. The van der Waals surface area contributed by atoms with Gasteiger partial charge in [0.1, 0.15) is 0 Å². The molecule has 0 saturated carbocycles. The van der Waals surface area contributed by atoms with Crippen LogP contribution in [0.15, 0.2) is 30.3 Å². The van der Waals surface area contributed by atoms with E-state index in [4.69, 9.17) is 17.6 Å². The van der Waals surface area contributed by atoms with Crippen LogP contribution >= 0.6 is 15.9 Å². The van der Waals surface area contributed by atoms with Crippen LogP contribution in [0.3, 0.4) is 0 Å². The third-order valence-corrected chi connectivity index (χ3v) is 3.43. The Balaban J connectivity index is 2.47. The number of carbonyl (C=O) groups is 1. The van der Waals surface area contributed by atoms with Crippen LogP contribution in [0, 0.1) is 11.3 Å². The quantitative estimate of drug-likeness (QED) is 0.363. The van der Waals surface area contributed by atoms with Gasteiger partial charge in [-0.15, -0.1) is 0 Å². The van der Waals surface area contributed by atoms with Crippen molar-refractivity contribution in [3.63, 3.8) is 0 Å². The minimum absolute atomic E-state index is 0.0222. The molecule has 0 fully saturated rings. The number of carbonyl (C=O) groups excluding carboxylic acids is 1. The second kappa shape index (κ2) is 7.98. The van der Waals surface area contributed by atoms with Crippen molar-refractivity contribution in [2.24, 2.45) is 5.92 Å². The monoisotopic (exact) mass is 306 g/mol. The molecule has 0 aliphatic rings. The molecule has 0 aliphatic heterocycles. The Morgan fingerprint density at radius 3 is 2.67 bits per heavy atom. The first-order valence-electron chi connectivity index (χ1n) is 5.59. The molecule has 0 bridgehead atoms. The molecule has 0 aromatic heterocycles. The zero-order valence-corrected chi connectivity index (χ0v) is 11.5. The van der Waals surface area contributed by atoms with Crippen molar-refractivity contribution in [2.75, 3.05) is 6.61 Å². The van der Waals surface area contributed by atoms with Crippen LogP contribution in [0.5, 0.6) is 0 Å². The van der Waals surface area contributed by atoms with Gasteiger partial charge < -0.3 is 0 Å². The van der Waals surface area contributed by atoms with E-state index in [1.54, 1.807) is 24.3 Å². The maximum absolute atomic E-state index is 11.7. The summed E-state index contributed by atoms with van der Waals surface area (Å²) >= 11 is 3.41. The number of hydrogen-bond acceptors (Lipinski definition) is 3. The fourth-order valence-corrected chi connectivity index (χ4v) is 1.94. The van der Waals surface area contributed by atoms with E-state index < -0.39 is 0 Å². The molecule has 0 unspecified atom stereocenters. The van der Waals surface area contributed by atoms with Crippen molar-refractivity contribution in [1.82, 2.24) is 0 Å². The van der Waals surface area contributed by atoms with Crippen molar-refractivity contribution in [1.29, 1.82) is 5.41 Å². The van der Waals surface area contributed by atoms with Crippen LogP contribution in [0.1, 0.15) is 16.8 Å². The second-order valence-electron chi connectivity index (χ2n) is 3.78. The Kier molecular flexibility index (Phi) is 6.58. The molecule has 3 nitrogen and oxygen atoms in total. The van der Waals surface area contributed by atoms with Crippen LogP contribution in [-0.2, 0) is 4.74 Å². The van der Waals surface area contributed by atoms with Crippen LogP contribution in [0.2, 0.25) is 0 Å². The van der Waals surface area contributed by atoms with Crippen LogP contribution in [0.4, 0.5) is 0 Å². The number of ether oxygens (including phenoxy) is 1. The first-order chi connectivity index (χ1) is 8.69. The molecule has 1 aromatic carbocycles. The Morgan fingerprint density at radius 2 is 2.11 bits per heavy atom. The number of alkyl halides is 1. The van der Waals surface area contributed by atoms with Crippen molar-refractivity contribution in [2.45, 2.75) is 11.2 Å². The minimum atomic E-state index is -0.356. The zero-order valence-electron chi connectivity index (χ0n) is 9.88. The normalized spacial score (nSPS) is 13.3. The number of benzene rings is 1.